The van der Waals surface area contributed by atoms with E-state index in [1.165, 1.54) is 11.8 Å². The van der Waals surface area contributed by atoms with Crippen molar-refractivity contribution in [3.8, 4) is 6.07 Å². The van der Waals surface area contributed by atoms with Gasteiger partial charge in [-0.2, -0.15) is 5.26 Å². The van der Waals surface area contributed by atoms with E-state index >= 15 is 0 Å². The Morgan fingerprint density at radius 3 is 2.50 bits per heavy atom. The van der Waals surface area contributed by atoms with Crippen LogP contribution in [0.1, 0.15) is 49.8 Å². The highest BCUT2D eigenvalue weighted by Crippen LogP contribution is 2.36. The Morgan fingerprint density at radius 2 is 1.93 bits per heavy atom. The molecule has 1 amide bonds. The number of amides is 1. The fraction of sp³-hybridized carbons (Fsp3) is 0.500. The van der Waals surface area contributed by atoms with Gasteiger partial charge >= 0.3 is 0 Å². The number of carbonyl (C=O) groups excluding carboxylic acids is 1. The lowest BCUT2D eigenvalue weighted by Crippen LogP contribution is -2.32. The first-order valence-corrected chi connectivity index (χ1v) is 10.8. The summed E-state index contributed by atoms with van der Waals surface area (Å²) in [5.74, 6) is 0.707. The smallest absolute Gasteiger partial charge is 0.270 e. The van der Waals surface area contributed by atoms with Crippen molar-refractivity contribution < 1.29 is 4.79 Å². The van der Waals surface area contributed by atoms with Gasteiger partial charge in [-0.1, -0.05) is 30.9 Å². The number of thioether (sulfide) groups is 1. The Balaban J connectivity index is 2.22. The molecule has 0 N–H and O–H groups in total. The summed E-state index contributed by atoms with van der Waals surface area (Å²) >= 11 is 6.66. The first-order valence-electron chi connectivity index (χ1n) is 9.62. The van der Waals surface area contributed by atoms with Crippen molar-refractivity contribution >= 4 is 46.1 Å². The van der Waals surface area contributed by atoms with Crippen molar-refractivity contribution in [2.75, 3.05) is 24.5 Å². The van der Waals surface area contributed by atoms with Gasteiger partial charge in [-0.05, 0) is 44.7 Å². The molecule has 2 saturated heterocycles. The largest absolute Gasteiger partial charge is 0.357 e. The molecule has 0 aromatic carbocycles. The molecular formula is C20H24N4O2S2. The maximum absolute atomic E-state index is 12.9. The maximum atomic E-state index is 12.9. The topological polar surface area (TPSA) is 69.3 Å². The number of rotatable bonds is 5. The van der Waals surface area contributed by atoms with Gasteiger partial charge in [0.2, 0.25) is 0 Å². The van der Waals surface area contributed by atoms with E-state index in [1.807, 2.05) is 19.9 Å². The van der Waals surface area contributed by atoms with Gasteiger partial charge in [0, 0.05) is 31.7 Å². The van der Waals surface area contributed by atoms with Crippen LogP contribution in [0.4, 0.5) is 5.82 Å². The molecule has 3 heterocycles. The Bertz CT molecular complexity index is 952. The molecule has 1 aromatic heterocycles. The number of hydrogen-bond donors (Lipinski definition) is 0. The second-order valence-corrected chi connectivity index (χ2v) is 8.60. The lowest BCUT2D eigenvalue weighted by atomic mass is 10.0. The molecule has 2 aliphatic rings. The van der Waals surface area contributed by atoms with E-state index in [1.54, 1.807) is 16.4 Å². The van der Waals surface area contributed by atoms with Crippen LogP contribution >= 0.6 is 24.0 Å². The van der Waals surface area contributed by atoms with Gasteiger partial charge in [-0.3, -0.25) is 19.1 Å². The molecule has 0 aliphatic carbocycles. The van der Waals surface area contributed by atoms with Crippen LogP contribution in [-0.4, -0.2) is 39.3 Å². The number of pyridine rings is 1. The molecular weight excluding hydrogens is 392 g/mol. The van der Waals surface area contributed by atoms with Crippen molar-refractivity contribution in [3.63, 3.8) is 0 Å². The van der Waals surface area contributed by atoms with Gasteiger partial charge in [0.25, 0.3) is 11.5 Å². The fourth-order valence-electron chi connectivity index (χ4n) is 3.75. The summed E-state index contributed by atoms with van der Waals surface area (Å²) in [7, 11) is 0. The molecule has 0 radical (unpaired) electrons. The van der Waals surface area contributed by atoms with Crippen molar-refractivity contribution in [2.45, 2.75) is 46.6 Å². The van der Waals surface area contributed by atoms with Gasteiger partial charge < -0.3 is 4.90 Å². The van der Waals surface area contributed by atoms with E-state index in [4.69, 9.17) is 12.2 Å². The minimum absolute atomic E-state index is 0.101. The molecule has 2 aliphatic heterocycles. The Morgan fingerprint density at radius 1 is 1.25 bits per heavy atom. The number of aromatic nitrogens is 1. The van der Waals surface area contributed by atoms with E-state index < -0.39 is 0 Å². The lowest BCUT2D eigenvalue weighted by Gasteiger charge is -2.26. The minimum Gasteiger partial charge on any atom is -0.357 e. The molecule has 1 aromatic rings. The standard InChI is InChI=1S/C20H24N4O2S2/c1-4-8-24-19(26)16(28-20(24)27)11-14-13(3)15(12-21)18(25)23(5-2)17(14)22-9-6-7-10-22/h11H,4-10H2,1-3H3. The predicted octanol–water partition coefficient (Wildman–Crippen LogP) is 3.26. The summed E-state index contributed by atoms with van der Waals surface area (Å²) in [6.45, 7) is 8.49. The van der Waals surface area contributed by atoms with Crippen molar-refractivity contribution in [1.82, 2.24) is 9.47 Å². The Hall–Kier alpha value is -2.11. The van der Waals surface area contributed by atoms with Gasteiger partial charge in [0.1, 0.15) is 21.8 Å². The monoisotopic (exact) mass is 416 g/mol. The second-order valence-electron chi connectivity index (χ2n) is 6.93. The number of carbonyl (C=O) groups is 1. The molecule has 28 heavy (non-hydrogen) atoms. The quantitative estimate of drug-likeness (QED) is 0.542. The molecule has 0 unspecified atom stereocenters. The summed E-state index contributed by atoms with van der Waals surface area (Å²) in [6.07, 6.45) is 4.78. The molecule has 0 saturated carbocycles. The molecule has 2 fully saturated rings. The molecule has 0 bridgehead atoms. The first kappa shape index (κ1) is 20.6. The minimum atomic E-state index is -0.264. The van der Waals surface area contributed by atoms with Gasteiger partial charge in [0.15, 0.2) is 0 Å². The van der Waals surface area contributed by atoms with Crippen LogP contribution in [-0.2, 0) is 11.3 Å². The summed E-state index contributed by atoms with van der Waals surface area (Å²) in [4.78, 5) is 30.1. The summed E-state index contributed by atoms with van der Waals surface area (Å²) < 4.78 is 2.22. The van der Waals surface area contributed by atoms with Crippen LogP contribution < -0.4 is 10.5 Å². The average molecular weight is 417 g/mol. The molecule has 0 spiro atoms. The van der Waals surface area contributed by atoms with Crippen molar-refractivity contribution in [2.24, 2.45) is 0 Å². The van der Waals surface area contributed by atoms with Gasteiger partial charge in [-0.25, -0.2) is 0 Å². The number of thiocarbonyl (C=S) groups is 1. The number of hydrogen-bond acceptors (Lipinski definition) is 6. The molecule has 3 rings (SSSR count). The van der Waals surface area contributed by atoms with Gasteiger partial charge in [0.05, 0.1) is 4.91 Å². The molecule has 0 atom stereocenters. The third-order valence-electron chi connectivity index (χ3n) is 5.16. The Labute approximate surface area is 174 Å². The molecule has 8 heteroatoms. The average Bonchev–Trinajstić information content (AvgIpc) is 3.29. The third-order valence-corrected chi connectivity index (χ3v) is 6.54. The number of anilines is 1. The second kappa shape index (κ2) is 8.50. The normalized spacial score (nSPS) is 18.4. The maximum Gasteiger partial charge on any atom is 0.270 e. The summed E-state index contributed by atoms with van der Waals surface area (Å²) in [6, 6.07) is 2.06. The highest BCUT2D eigenvalue weighted by molar-refractivity contribution is 8.26. The highest BCUT2D eigenvalue weighted by Gasteiger charge is 2.32. The fourth-order valence-corrected chi connectivity index (χ4v) is 5.04. The number of nitriles is 1. The zero-order valence-electron chi connectivity index (χ0n) is 16.4. The Kier molecular flexibility index (Phi) is 6.26. The third kappa shape index (κ3) is 3.49. The van der Waals surface area contributed by atoms with E-state index in [9.17, 15) is 14.9 Å². The summed E-state index contributed by atoms with van der Waals surface area (Å²) in [5.41, 5.74) is 1.27. The van der Waals surface area contributed by atoms with E-state index in [2.05, 4.69) is 11.0 Å². The predicted molar refractivity (Wildman–Crippen MR) is 117 cm³/mol. The van der Waals surface area contributed by atoms with Crippen LogP contribution in [0.3, 0.4) is 0 Å². The van der Waals surface area contributed by atoms with Crippen LogP contribution in [0.2, 0.25) is 0 Å². The molecule has 6 nitrogen and oxygen atoms in total. The number of nitrogens with zero attached hydrogens (tertiary/aromatic N) is 4. The molecule has 148 valence electrons. The van der Waals surface area contributed by atoms with Crippen LogP contribution in [0.25, 0.3) is 6.08 Å². The van der Waals surface area contributed by atoms with Crippen LogP contribution in [0.5, 0.6) is 0 Å². The highest BCUT2D eigenvalue weighted by atomic mass is 32.2. The van der Waals surface area contributed by atoms with Crippen LogP contribution in [0.15, 0.2) is 9.70 Å². The van der Waals surface area contributed by atoms with Crippen LogP contribution in [0, 0.1) is 18.3 Å². The van der Waals surface area contributed by atoms with Crippen molar-refractivity contribution in [3.05, 3.63) is 31.9 Å². The summed E-state index contributed by atoms with van der Waals surface area (Å²) in [5, 5.41) is 9.57. The zero-order valence-corrected chi connectivity index (χ0v) is 18.1. The first-order chi connectivity index (χ1) is 13.4. The van der Waals surface area contributed by atoms with Gasteiger partial charge in [-0.15, -0.1) is 0 Å². The van der Waals surface area contributed by atoms with E-state index in [0.717, 1.165) is 43.7 Å². The lowest BCUT2D eigenvalue weighted by molar-refractivity contribution is -0.122. The SMILES string of the molecule is CCCN1C(=O)C(=Cc2c(C)c(C#N)c(=O)n(CC)c2N2CCCC2)SC1=S. The zero-order chi connectivity index (χ0) is 20.4. The van der Waals surface area contributed by atoms with E-state index in [0.29, 0.717) is 27.9 Å². The van der Waals surface area contributed by atoms with E-state index in [-0.39, 0.29) is 17.0 Å². The van der Waals surface area contributed by atoms with Crippen molar-refractivity contribution in [1.29, 1.82) is 5.26 Å².